The number of carbonyl (C=O) groups excluding carboxylic acids is 1. The zero-order valence-electron chi connectivity index (χ0n) is 15.6. The second kappa shape index (κ2) is 8.64. The number of sulfonamides is 1. The molecule has 3 rings (SSSR count). The number of nitrogens with two attached hydrogens (primary N) is 1. The molecule has 3 aromatic rings. The second-order valence-electron chi connectivity index (χ2n) is 5.68. The quantitative estimate of drug-likeness (QED) is 0.531. The summed E-state index contributed by atoms with van der Waals surface area (Å²) in [4.78, 5) is 16.5. The van der Waals surface area contributed by atoms with Crippen molar-refractivity contribution < 1.29 is 31.8 Å². The van der Waals surface area contributed by atoms with Gasteiger partial charge in [-0.3, -0.25) is 0 Å². The fraction of sp³-hybridized carbons (Fsp3) is 0.222. The summed E-state index contributed by atoms with van der Waals surface area (Å²) in [7, 11) is -2.47. The minimum Gasteiger partial charge on any atom is -0.493 e. The molecule has 0 radical (unpaired) electrons. The van der Waals surface area contributed by atoms with Crippen LogP contribution >= 0.6 is 11.3 Å². The van der Waals surface area contributed by atoms with Crippen molar-refractivity contribution in [2.75, 3.05) is 13.7 Å². The van der Waals surface area contributed by atoms with Crippen molar-refractivity contribution in [3.63, 3.8) is 0 Å². The monoisotopic (exact) mass is 438 g/mol. The van der Waals surface area contributed by atoms with Gasteiger partial charge in [0.05, 0.1) is 19.4 Å². The molecule has 29 heavy (non-hydrogen) atoms. The molecule has 0 bridgehead atoms. The van der Waals surface area contributed by atoms with E-state index < -0.39 is 21.1 Å². The molecule has 2 aromatic heterocycles. The maximum absolute atomic E-state index is 12.0. The van der Waals surface area contributed by atoms with Crippen LogP contribution in [0.5, 0.6) is 11.5 Å². The molecule has 2 heterocycles. The van der Waals surface area contributed by atoms with Crippen LogP contribution in [0.3, 0.4) is 0 Å². The van der Waals surface area contributed by atoms with Gasteiger partial charge in [0.2, 0.25) is 10.9 Å². The molecular formula is C18H18N2O7S2. The molecule has 0 saturated carbocycles. The summed E-state index contributed by atoms with van der Waals surface area (Å²) in [6.07, 6.45) is 0. The summed E-state index contributed by atoms with van der Waals surface area (Å²) < 4.78 is 43.2. The van der Waals surface area contributed by atoms with Gasteiger partial charge in [-0.2, -0.15) is 0 Å². The zero-order chi connectivity index (χ0) is 21.0. The Hall–Kier alpha value is -2.89. The normalized spacial score (nSPS) is 11.3. The summed E-state index contributed by atoms with van der Waals surface area (Å²) in [5.74, 6) is 0.149. The minimum absolute atomic E-state index is 0.102. The van der Waals surface area contributed by atoms with Gasteiger partial charge in [0.25, 0.3) is 10.0 Å². The number of rotatable bonds is 8. The van der Waals surface area contributed by atoms with Crippen LogP contribution in [-0.4, -0.2) is 33.1 Å². The smallest absolute Gasteiger partial charge is 0.374 e. The van der Waals surface area contributed by atoms with Gasteiger partial charge in [0.15, 0.2) is 11.5 Å². The maximum atomic E-state index is 12.0. The third kappa shape index (κ3) is 4.94. The van der Waals surface area contributed by atoms with Crippen molar-refractivity contribution in [3.8, 4) is 22.1 Å². The minimum atomic E-state index is -4.03. The van der Waals surface area contributed by atoms with Gasteiger partial charge in [0, 0.05) is 10.9 Å². The molecule has 9 nitrogen and oxygen atoms in total. The topological polar surface area (TPSA) is 131 Å². The zero-order valence-corrected chi connectivity index (χ0v) is 17.2. The largest absolute Gasteiger partial charge is 0.493 e. The van der Waals surface area contributed by atoms with Gasteiger partial charge < -0.3 is 18.6 Å². The Morgan fingerprint density at radius 2 is 2.03 bits per heavy atom. The standard InChI is InChI=1S/C18H18N2O7S2/c1-3-25-13-5-4-11(8-15(13)24-2)17-20-12(10-28-17)9-26-18(21)14-6-7-16(27-14)29(19,22)23/h4-8,10H,3,9H2,1-2H3,(H2,19,22,23). The SMILES string of the molecule is CCOc1ccc(-c2nc(COC(=O)c3ccc(S(N)(=O)=O)o3)cs2)cc1OC. The lowest BCUT2D eigenvalue weighted by atomic mass is 10.2. The van der Waals surface area contributed by atoms with Gasteiger partial charge >= 0.3 is 5.97 Å². The van der Waals surface area contributed by atoms with Crippen LogP contribution in [0.1, 0.15) is 23.2 Å². The molecule has 1 aromatic carbocycles. The Bertz CT molecular complexity index is 1120. The van der Waals surface area contributed by atoms with Gasteiger partial charge in [-0.05, 0) is 37.3 Å². The third-order valence-corrected chi connectivity index (χ3v) is 5.40. The first-order valence-corrected chi connectivity index (χ1v) is 10.8. The van der Waals surface area contributed by atoms with Crippen molar-refractivity contribution >= 4 is 27.3 Å². The summed E-state index contributed by atoms with van der Waals surface area (Å²) in [5.41, 5.74) is 1.36. The lowest BCUT2D eigenvalue weighted by Crippen LogP contribution is -2.11. The Labute approximate surface area is 171 Å². The van der Waals surface area contributed by atoms with Gasteiger partial charge in [-0.25, -0.2) is 23.3 Å². The molecule has 0 fully saturated rings. The number of esters is 1. The van der Waals surface area contributed by atoms with E-state index in [4.69, 9.17) is 23.8 Å². The number of carbonyl (C=O) groups is 1. The predicted octanol–water partition coefficient (Wildman–Crippen LogP) is 2.81. The molecule has 0 aliphatic rings. The molecular weight excluding hydrogens is 420 g/mol. The highest BCUT2D eigenvalue weighted by molar-refractivity contribution is 7.89. The predicted molar refractivity (Wildman–Crippen MR) is 104 cm³/mol. The molecule has 2 N–H and O–H groups in total. The summed E-state index contributed by atoms with van der Waals surface area (Å²) in [5, 5.41) is 6.90. The molecule has 0 saturated heterocycles. The second-order valence-corrected chi connectivity index (χ2v) is 8.03. The van der Waals surface area contributed by atoms with Gasteiger partial charge in [-0.15, -0.1) is 11.3 Å². The summed E-state index contributed by atoms with van der Waals surface area (Å²) in [6, 6.07) is 7.75. The number of benzene rings is 1. The molecule has 0 atom stereocenters. The first kappa shape index (κ1) is 20.8. The van der Waals surface area contributed by atoms with Gasteiger partial charge in [0.1, 0.15) is 11.6 Å². The van der Waals surface area contributed by atoms with Crippen molar-refractivity contribution in [3.05, 3.63) is 47.2 Å². The lowest BCUT2D eigenvalue weighted by Gasteiger charge is -2.09. The Morgan fingerprint density at radius 1 is 1.24 bits per heavy atom. The van der Waals surface area contributed by atoms with Crippen LogP contribution in [0, 0.1) is 0 Å². The first-order chi connectivity index (χ1) is 13.8. The molecule has 0 aliphatic carbocycles. The number of furan rings is 1. The fourth-order valence-electron chi connectivity index (χ4n) is 2.37. The van der Waals surface area contributed by atoms with E-state index in [0.717, 1.165) is 11.6 Å². The van der Waals surface area contributed by atoms with E-state index in [1.807, 2.05) is 19.1 Å². The van der Waals surface area contributed by atoms with E-state index in [1.165, 1.54) is 17.4 Å². The van der Waals surface area contributed by atoms with E-state index >= 15 is 0 Å². The van der Waals surface area contributed by atoms with E-state index in [2.05, 4.69) is 4.98 Å². The van der Waals surface area contributed by atoms with E-state index in [-0.39, 0.29) is 12.4 Å². The van der Waals surface area contributed by atoms with Crippen molar-refractivity contribution in [2.45, 2.75) is 18.6 Å². The van der Waals surface area contributed by atoms with Crippen LogP contribution in [0.15, 0.2) is 45.2 Å². The molecule has 0 amide bonds. The first-order valence-electron chi connectivity index (χ1n) is 8.37. The number of aromatic nitrogens is 1. The average Bonchev–Trinajstić information content (AvgIpc) is 3.36. The highest BCUT2D eigenvalue weighted by Gasteiger charge is 2.19. The molecule has 154 valence electrons. The van der Waals surface area contributed by atoms with E-state index in [0.29, 0.717) is 28.8 Å². The van der Waals surface area contributed by atoms with Crippen LogP contribution in [0.25, 0.3) is 10.6 Å². The Kier molecular flexibility index (Phi) is 6.20. The maximum Gasteiger partial charge on any atom is 0.374 e. The average molecular weight is 438 g/mol. The number of thiazole rings is 1. The number of nitrogens with zero attached hydrogens (tertiary/aromatic N) is 1. The highest BCUT2D eigenvalue weighted by atomic mass is 32.2. The number of primary sulfonamides is 1. The molecule has 0 spiro atoms. The number of ether oxygens (including phenoxy) is 3. The van der Waals surface area contributed by atoms with Crippen molar-refractivity contribution in [1.29, 1.82) is 0 Å². The fourth-order valence-corrected chi connectivity index (χ4v) is 3.64. The third-order valence-electron chi connectivity index (χ3n) is 3.68. The Morgan fingerprint density at radius 3 is 2.69 bits per heavy atom. The van der Waals surface area contributed by atoms with Crippen molar-refractivity contribution in [1.82, 2.24) is 4.98 Å². The van der Waals surface area contributed by atoms with Crippen molar-refractivity contribution in [2.24, 2.45) is 5.14 Å². The van der Waals surface area contributed by atoms with E-state index in [9.17, 15) is 13.2 Å². The number of methoxy groups -OCH3 is 1. The molecule has 0 unspecified atom stereocenters. The van der Waals surface area contributed by atoms with Crippen LogP contribution in [-0.2, 0) is 21.4 Å². The van der Waals surface area contributed by atoms with Crippen LogP contribution in [0.2, 0.25) is 0 Å². The number of hydrogen-bond acceptors (Lipinski definition) is 9. The summed E-state index contributed by atoms with van der Waals surface area (Å²) in [6.45, 7) is 2.31. The lowest BCUT2D eigenvalue weighted by molar-refractivity contribution is 0.0426. The molecule has 0 aliphatic heterocycles. The van der Waals surface area contributed by atoms with E-state index in [1.54, 1.807) is 18.6 Å². The number of hydrogen-bond donors (Lipinski definition) is 1. The highest BCUT2D eigenvalue weighted by Crippen LogP contribution is 2.33. The van der Waals surface area contributed by atoms with Gasteiger partial charge in [-0.1, -0.05) is 0 Å². The Balaban J connectivity index is 1.67. The molecule has 11 heteroatoms. The van der Waals surface area contributed by atoms with Crippen LogP contribution < -0.4 is 14.6 Å². The summed E-state index contributed by atoms with van der Waals surface area (Å²) >= 11 is 1.38. The van der Waals surface area contributed by atoms with Crippen LogP contribution in [0.4, 0.5) is 0 Å².